The number of hydrogen-bond donors (Lipinski definition) is 15. The molecule has 4 aliphatic heterocycles. The minimum Gasteiger partial charge on any atom is -0.429 e. The summed E-state index contributed by atoms with van der Waals surface area (Å²) in [4.78, 5) is 13.1. The Balaban J connectivity index is 0.875. The van der Waals surface area contributed by atoms with Gasteiger partial charge in [-0.3, -0.25) is 0 Å². The minimum absolute atomic E-state index is 0.0211. The topological polar surface area (TPSA) is 394 Å². The quantitative estimate of drug-likeness (QED) is 0.0414. The molecular weight excluding hydrogens is 1030 g/mol. The first-order valence-electron chi connectivity index (χ1n) is 28.1. The van der Waals surface area contributed by atoms with Crippen molar-refractivity contribution in [2.24, 2.45) is 50.7 Å². The van der Waals surface area contributed by atoms with E-state index in [1.165, 1.54) is 6.92 Å². The standard InChI is InChI=1S/C54H88O24/c1-22(45(70)78-47-42(69)38(65)34(61)27(18-56)72-47)7-8-25(59)23(2)24-11-13-52(6)31-10-9-30-50(3,4)32(12-14-53(30)21-54(31,53)16-15-51(24,52)5)75-48-43(39(66)35(62)28(19-57)73-48)77-49-44(40(67)36(63)29(20-58)74-49)76-46-41(68)37(64)33(60)26(17-55)71-46/h7,23-44,46-49,55-69H,8-21H2,1-6H3/b22-7+/t23-,24+,25-,26?,27+,28+,29+,30?,31?,32-,33+,34+,35+,36+,37?,38-,39?,40-,41?,42+,43+,44+,46?,47-,48-,49-,51?,52?,53?,54?/m0/s1. The van der Waals surface area contributed by atoms with Crippen LogP contribution in [-0.4, -0.2) is 244 Å². The van der Waals surface area contributed by atoms with Crippen LogP contribution in [0.1, 0.15) is 106 Å². The molecule has 9 fully saturated rings. The Kier molecular flexibility index (Phi) is 17.7. The molecule has 24 nitrogen and oxygen atoms in total. The summed E-state index contributed by atoms with van der Waals surface area (Å²) >= 11 is 0. The number of aliphatic hydroxyl groups excluding tert-OH is 15. The molecule has 9 rings (SSSR count). The highest BCUT2D eigenvalue weighted by molar-refractivity contribution is 5.87. The van der Waals surface area contributed by atoms with Crippen LogP contribution in [0.25, 0.3) is 0 Å². The second-order valence-electron chi connectivity index (χ2n) is 25.6. The number of carbonyl (C=O) groups excluding carboxylic acids is 1. The molecule has 24 heteroatoms. The molecule has 15 N–H and O–H groups in total. The van der Waals surface area contributed by atoms with Gasteiger partial charge in [-0.05, 0) is 122 Å². The van der Waals surface area contributed by atoms with Crippen LogP contribution in [0.15, 0.2) is 11.6 Å². The summed E-state index contributed by atoms with van der Waals surface area (Å²) in [5, 5.41) is 159. The van der Waals surface area contributed by atoms with Crippen molar-refractivity contribution in [2.45, 2.75) is 241 Å². The van der Waals surface area contributed by atoms with E-state index >= 15 is 0 Å². The Labute approximate surface area is 453 Å². The summed E-state index contributed by atoms with van der Waals surface area (Å²) in [5.41, 5.74) is -0.341. The number of aliphatic hydroxyl groups is 15. The van der Waals surface area contributed by atoms with Gasteiger partial charge in [-0.25, -0.2) is 4.79 Å². The maximum atomic E-state index is 13.1. The Hall–Kier alpha value is -1.67. The molecule has 0 aromatic rings. The van der Waals surface area contributed by atoms with Crippen molar-refractivity contribution >= 4 is 5.97 Å². The molecule has 0 aromatic carbocycles. The highest BCUT2D eigenvalue weighted by Gasteiger charge is 2.82. The van der Waals surface area contributed by atoms with Crippen molar-refractivity contribution in [3.63, 3.8) is 0 Å². The van der Waals surface area contributed by atoms with E-state index in [1.807, 2.05) is 0 Å². The van der Waals surface area contributed by atoms with Crippen molar-refractivity contribution in [1.82, 2.24) is 0 Å². The van der Waals surface area contributed by atoms with Crippen molar-refractivity contribution in [3.8, 4) is 0 Å². The molecule has 4 heterocycles. The van der Waals surface area contributed by atoms with E-state index in [4.69, 9.17) is 37.9 Å². The molecule has 448 valence electrons. The summed E-state index contributed by atoms with van der Waals surface area (Å²) in [5.74, 6) is -0.134. The first-order valence-corrected chi connectivity index (χ1v) is 28.1. The lowest BCUT2D eigenvalue weighted by Crippen LogP contribution is -2.67. The Bertz CT molecular complexity index is 2120. The van der Waals surface area contributed by atoms with E-state index in [9.17, 15) is 81.4 Å². The van der Waals surface area contributed by atoms with Gasteiger partial charge in [0.25, 0.3) is 0 Å². The van der Waals surface area contributed by atoms with Crippen LogP contribution < -0.4 is 0 Å². The highest BCUT2D eigenvalue weighted by atomic mass is 16.8. The summed E-state index contributed by atoms with van der Waals surface area (Å²) < 4.78 is 47.3. The average Bonchev–Trinajstić information content (AvgIpc) is 2.05. The van der Waals surface area contributed by atoms with Gasteiger partial charge in [0.1, 0.15) is 97.7 Å². The average molecular weight is 1120 g/mol. The number of fused-ring (bicyclic) bond motifs is 2. The molecule has 30 atom stereocenters. The van der Waals surface area contributed by atoms with Gasteiger partial charge in [0.05, 0.1) is 38.6 Å². The molecule has 9 aliphatic rings. The second-order valence-corrected chi connectivity index (χ2v) is 25.6. The molecule has 5 saturated carbocycles. The SMILES string of the molecule is C/C(=C\C[C@H](O)[C@@H](C)[C@H]1CCC2(C)C3CCC4C(C)(C)[C@@H](O[C@@H]5O[C@H](CO)[C@@H](O)C(O)[C@H]5O[C@@H]5O[C@H](CO)[C@@H](O)[C@H](O)[C@H]5OC5OC(CO)[C@@H](O)C(O)C5O)CCC45CC35CCC12C)C(=O)O[C@@H]1O[C@H](CO)[C@@H](O)[C@H](O)[C@H]1O. The predicted molar refractivity (Wildman–Crippen MR) is 264 cm³/mol. The molecule has 5 aliphatic carbocycles. The highest BCUT2D eigenvalue weighted by Crippen LogP contribution is 2.89. The van der Waals surface area contributed by atoms with E-state index in [0.717, 1.165) is 51.4 Å². The van der Waals surface area contributed by atoms with Crippen molar-refractivity contribution < 1.29 is 119 Å². The van der Waals surface area contributed by atoms with Crippen LogP contribution in [0.4, 0.5) is 0 Å². The maximum Gasteiger partial charge on any atom is 0.335 e. The zero-order valence-electron chi connectivity index (χ0n) is 45.4. The third kappa shape index (κ3) is 9.86. The summed E-state index contributed by atoms with van der Waals surface area (Å²) in [6, 6.07) is 0. The maximum absolute atomic E-state index is 13.1. The molecular formula is C54H88O24. The zero-order valence-corrected chi connectivity index (χ0v) is 45.4. The second kappa shape index (κ2) is 22.7. The normalized spacial score (nSPS) is 52.8. The van der Waals surface area contributed by atoms with Crippen molar-refractivity contribution in [2.75, 3.05) is 26.4 Å². The largest absolute Gasteiger partial charge is 0.429 e. The van der Waals surface area contributed by atoms with Gasteiger partial charge in [0.15, 0.2) is 18.9 Å². The van der Waals surface area contributed by atoms with Gasteiger partial charge < -0.3 is 114 Å². The third-order valence-corrected chi connectivity index (χ3v) is 21.8. The fourth-order valence-electron chi connectivity index (χ4n) is 17.0. The number of ether oxygens (including phenoxy) is 8. The van der Waals surface area contributed by atoms with E-state index in [0.29, 0.717) is 12.3 Å². The number of hydrogen-bond acceptors (Lipinski definition) is 24. The first-order chi connectivity index (χ1) is 36.7. The van der Waals surface area contributed by atoms with Crippen LogP contribution in [0, 0.1) is 50.7 Å². The van der Waals surface area contributed by atoms with Crippen molar-refractivity contribution in [1.29, 1.82) is 0 Å². The molecule has 0 aromatic heterocycles. The van der Waals surface area contributed by atoms with Gasteiger partial charge in [-0.15, -0.1) is 0 Å². The summed E-state index contributed by atoms with van der Waals surface area (Å²) in [6.07, 6.45) is -24.5. The van der Waals surface area contributed by atoms with Crippen LogP contribution >= 0.6 is 0 Å². The van der Waals surface area contributed by atoms with Gasteiger partial charge >= 0.3 is 5.97 Å². The Morgan fingerprint density at radius 2 is 1.00 bits per heavy atom. The Morgan fingerprint density at radius 1 is 0.538 bits per heavy atom. The summed E-state index contributed by atoms with van der Waals surface area (Å²) in [7, 11) is 0. The molecule has 78 heavy (non-hydrogen) atoms. The van der Waals surface area contributed by atoms with Crippen LogP contribution in [0.3, 0.4) is 0 Å². The van der Waals surface area contributed by atoms with E-state index in [2.05, 4.69) is 34.6 Å². The lowest BCUT2D eigenvalue weighted by molar-refractivity contribution is -0.398. The number of esters is 1. The Morgan fingerprint density at radius 3 is 1.55 bits per heavy atom. The minimum atomic E-state index is -1.93. The molecule has 0 amide bonds. The van der Waals surface area contributed by atoms with Crippen molar-refractivity contribution in [3.05, 3.63) is 11.6 Å². The van der Waals surface area contributed by atoms with E-state index in [-0.39, 0.29) is 51.4 Å². The summed E-state index contributed by atoms with van der Waals surface area (Å²) in [6.45, 7) is 9.84. The molecule has 0 radical (unpaired) electrons. The van der Waals surface area contributed by atoms with Gasteiger partial charge in [0, 0.05) is 5.57 Å². The monoisotopic (exact) mass is 1120 g/mol. The fourth-order valence-corrected chi connectivity index (χ4v) is 17.0. The fraction of sp³-hybridized carbons (Fsp3) is 0.944. The van der Waals surface area contributed by atoms with E-state index < -0.39 is 173 Å². The third-order valence-electron chi connectivity index (χ3n) is 21.8. The lowest BCUT2D eigenvalue weighted by Gasteiger charge is -2.63. The van der Waals surface area contributed by atoms with Crippen LogP contribution in [-0.2, 0) is 42.7 Å². The smallest absolute Gasteiger partial charge is 0.335 e. The van der Waals surface area contributed by atoms with Crippen LogP contribution in [0.5, 0.6) is 0 Å². The number of carbonyl (C=O) groups is 1. The molecule has 4 saturated heterocycles. The van der Waals surface area contributed by atoms with Gasteiger partial charge in [-0.2, -0.15) is 0 Å². The molecule has 11 unspecified atom stereocenters. The molecule has 2 spiro atoms. The number of rotatable bonds is 16. The van der Waals surface area contributed by atoms with Gasteiger partial charge in [-0.1, -0.05) is 40.7 Å². The zero-order chi connectivity index (χ0) is 56.9. The predicted octanol–water partition coefficient (Wildman–Crippen LogP) is -3.06. The van der Waals surface area contributed by atoms with Crippen LogP contribution in [0.2, 0.25) is 0 Å². The van der Waals surface area contributed by atoms with E-state index in [1.54, 1.807) is 6.08 Å². The lowest BCUT2D eigenvalue weighted by atomic mass is 9.41. The first kappa shape index (κ1) is 60.9. The molecule has 0 bridgehead atoms. The van der Waals surface area contributed by atoms with Gasteiger partial charge in [0.2, 0.25) is 6.29 Å².